The molecule has 0 aliphatic rings. The summed E-state index contributed by atoms with van der Waals surface area (Å²) in [5.41, 5.74) is 7.19. The van der Waals surface area contributed by atoms with E-state index in [0.717, 1.165) is 11.8 Å². The highest BCUT2D eigenvalue weighted by Crippen LogP contribution is 2.30. The van der Waals surface area contributed by atoms with Crippen molar-refractivity contribution in [2.24, 2.45) is 5.73 Å². The minimum absolute atomic E-state index is 0.00296. The van der Waals surface area contributed by atoms with Gasteiger partial charge in [-0.1, -0.05) is 0 Å². The molecule has 0 aliphatic heterocycles. The van der Waals surface area contributed by atoms with E-state index in [1.165, 1.54) is 7.11 Å². The van der Waals surface area contributed by atoms with Crippen LogP contribution in [0.1, 0.15) is 22.8 Å². The fourth-order valence-corrected chi connectivity index (χ4v) is 1.57. The molecule has 0 amide bonds. The Balaban J connectivity index is 3.20. The first kappa shape index (κ1) is 12.5. The monoisotopic (exact) mass is 223 g/mol. The van der Waals surface area contributed by atoms with Gasteiger partial charge in [0.05, 0.1) is 14.2 Å². The van der Waals surface area contributed by atoms with Crippen molar-refractivity contribution < 1.29 is 14.3 Å². The van der Waals surface area contributed by atoms with Gasteiger partial charge in [0.15, 0.2) is 11.5 Å². The molecule has 0 saturated carbocycles. The van der Waals surface area contributed by atoms with E-state index in [1.807, 2.05) is 6.92 Å². The minimum Gasteiger partial charge on any atom is -0.493 e. The molecule has 0 heterocycles. The van der Waals surface area contributed by atoms with Crippen LogP contribution in [0.15, 0.2) is 12.1 Å². The van der Waals surface area contributed by atoms with Gasteiger partial charge < -0.3 is 15.2 Å². The van der Waals surface area contributed by atoms with Crippen molar-refractivity contribution in [3.8, 4) is 11.5 Å². The number of hydrogen-bond acceptors (Lipinski definition) is 4. The van der Waals surface area contributed by atoms with Crippen LogP contribution in [0.2, 0.25) is 0 Å². The Morgan fingerprint density at radius 3 is 2.31 bits per heavy atom. The third-order valence-corrected chi connectivity index (χ3v) is 2.31. The molecule has 0 saturated heterocycles. The zero-order chi connectivity index (χ0) is 12.1. The smallest absolute Gasteiger partial charge is 0.161 e. The molecule has 2 N–H and O–H groups in total. The summed E-state index contributed by atoms with van der Waals surface area (Å²) in [5, 5.41) is 0. The lowest BCUT2D eigenvalue weighted by Crippen LogP contribution is -2.18. The number of aldehydes is 1. The molecule has 0 radical (unpaired) electrons. The molecule has 1 aromatic rings. The molecule has 1 atom stereocenters. The van der Waals surface area contributed by atoms with Crippen molar-refractivity contribution in [2.45, 2.75) is 19.4 Å². The average molecular weight is 223 g/mol. The molecule has 0 fully saturated rings. The van der Waals surface area contributed by atoms with Gasteiger partial charge in [-0.3, -0.25) is 4.79 Å². The number of ether oxygens (including phenoxy) is 2. The Labute approximate surface area is 95.3 Å². The quantitative estimate of drug-likeness (QED) is 0.766. The van der Waals surface area contributed by atoms with Gasteiger partial charge in [-0.2, -0.15) is 0 Å². The summed E-state index contributed by atoms with van der Waals surface area (Å²) in [6.07, 6.45) is 1.44. The van der Waals surface area contributed by atoms with E-state index in [0.29, 0.717) is 23.5 Å². The maximum absolute atomic E-state index is 10.9. The van der Waals surface area contributed by atoms with Gasteiger partial charge >= 0.3 is 0 Å². The number of benzene rings is 1. The standard InChI is InChI=1S/C12H17NO3/c1-8(13)4-9-5-11(15-2)12(16-3)6-10(9)7-14/h5-8H,4,13H2,1-3H3. The Kier molecular flexibility index (Phi) is 4.31. The van der Waals surface area contributed by atoms with Crippen LogP contribution in [0, 0.1) is 0 Å². The Morgan fingerprint density at radius 2 is 1.88 bits per heavy atom. The Hall–Kier alpha value is -1.55. The summed E-state index contributed by atoms with van der Waals surface area (Å²) in [6, 6.07) is 3.46. The van der Waals surface area contributed by atoms with E-state index in [9.17, 15) is 4.79 Å². The predicted molar refractivity (Wildman–Crippen MR) is 62.3 cm³/mol. The molecule has 1 aromatic carbocycles. The SMILES string of the molecule is COc1cc(C=O)c(CC(C)N)cc1OC. The van der Waals surface area contributed by atoms with Crippen LogP contribution >= 0.6 is 0 Å². The number of rotatable bonds is 5. The van der Waals surface area contributed by atoms with Gasteiger partial charge in [0, 0.05) is 11.6 Å². The topological polar surface area (TPSA) is 61.5 Å². The lowest BCUT2D eigenvalue weighted by Gasteiger charge is -2.13. The number of carbonyl (C=O) groups is 1. The maximum atomic E-state index is 10.9. The molecular formula is C12H17NO3. The van der Waals surface area contributed by atoms with E-state index in [2.05, 4.69) is 0 Å². The zero-order valence-electron chi connectivity index (χ0n) is 9.82. The highest BCUT2D eigenvalue weighted by Gasteiger charge is 2.11. The molecule has 88 valence electrons. The molecule has 0 aliphatic carbocycles. The summed E-state index contributed by atoms with van der Waals surface area (Å²) >= 11 is 0. The number of methoxy groups -OCH3 is 2. The predicted octanol–water partition coefficient (Wildman–Crippen LogP) is 1.41. The first-order chi connectivity index (χ1) is 7.62. The number of carbonyl (C=O) groups excluding carboxylic acids is 1. The van der Waals surface area contributed by atoms with Gasteiger partial charge in [0.1, 0.15) is 6.29 Å². The molecule has 0 spiro atoms. The van der Waals surface area contributed by atoms with E-state index in [1.54, 1.807) is 19.2 Å². The second-order valence-corrected chi connectivity index (χ2v) is 3.71. The van der Waals surface area contributed by atoms with Crippen molar-refractivity contribution in [3.05, 3.63) is 23.3 Å². The van der Waals surface area contributed by atoms with E-state index in [-0.39, 0.29) is 6.04 Å². The largest absolute Gasteiger partial charge is 0.493 e. The minimum atomic E-state index is -0.00296. The summed E-state index contributed by atoms with van der Waals surface area (Å²) in [7, 11) is 3.10. The lowest BCUT2D eigenvalue weighted by molar-refractivity contribution is 0.112. The molecule has 4 nitrogen and oxygen atoms in total. The molecular weight excluding hydrogens is 206 g/mol. The Bertz CT molecular complexity index is 375. The van der Waals surface area contributed by atoms with Crippen molar-refractivity contribution in [3.63, 3.8) is 0 Å². The highest BCUT2D eigenvalue weighted by atomic mass is 16.5. The van der Waals surface area contributed by atoms with E-state index >= 15 is 0 Å². The lowest BCUT2D eigenvalue weighted by atomic mass is 10.0. The maximum Gasteiger partial charge on any atom is 0.161 e. The normalized spacial score (nSPS) is 12.0. The highest BCUT2D eigenvalue weighted by molar-refractivity contribution is 5.79. The molecule has 0 aromatic heterocycles. The van der Waals surface area contributed by atoms with Crippen molar-refractivity contribution in [1.29, 1.82) is 0 Å². The fraction of sp³-hybridized carbons (Fsp3) is 0.417. The summed E-state index contributed by atoms with van der Waals surface area (Å²) < 4.78 is 10.3. The molecule has 16 heavy (non-hydrogen) atoms. The van der Waals surface area contributed by atoms with Crippen LogP contribution in [-0.4, -0.2) is 26.5 Å². The third-order valence-electron chi connectivity index (χ3n) is 2.31. The summed E-state index contributed by atoms with van der Waals surface area (Å²) in [5.74, 6) is 1.17. The molecule has 4 heteroatoms. The van der Waals surface area contributed by atoms with E-state index < -0.39 is 0 Å². The second kappa shape index (κ2) is 5.51. The fourth-order valence-electron chi connectivity index (χ4n) is 1.57. The molecule has 0 bridgehead atoms. The van der Waals surface area contributed by atoms with Crippen LogP contribution < -0.4 is 15.2 Å². The van der Waals surface area contributed by atoms with Crippen LogP contribution in [-0.2, 0) is 6.42 Å². The van der Waals surface area contributed by atoms with Crippen LogP contribution in [0.5, 0.6) is 11.5 Å². The van der Waals surface area contributed by atoms with Gasteiger partial charge in [0.25, 0.3) is 0 Å². The van der Waals surface area contributed by atoms with Crippen LogP contribution in [0.3, 0.4) is 0 Å². The van der Waals surface area contributed by atoms with Crippen LogP contribution in [0.25, 0.3) is 0 Å². The van der Waals surface area contributed by atoms with Crippen LogP contribution in [0.4, 0.5) is 0 Å². The van der Waals surface area contributed by atoms with Gasteiger partial charge in [-0.25, -0.2) is 0 Å². The Morgan fingerprint density at radius 1 is 1.31 bits per heavy atom. The number of hydrogen-bond donors (Lipinski definition) is 1. The van der Waals surface area contributed by atoms with Gasteiger partial charge in [0.2, 0.25) is 0 Å². The first-order valence-corrected chi connectivity index (χ1v) is 5.08. The zero-order valence-corrected chi connectivity index (χ0v) is 9.82. The second-order valence-electron chi connectivity index (χ2n) is 3.71. The van der Waals surface area contributed by atoms with Gasteiger partial charge in [-0.05, 0) is 31.0 Å². The molecule has 1 unspecified atom stereocenters. The van der Waals surface area contributed by atoms with E-state index in [4.69, 9.17) is 15.2 Å². The van der Waals surface area contributed by atoms with Crippen molar-refractivity contribution in [2.75, 3.05) is 14.2 Å². The first-order valence-electron chi connectivity index (χ1n) is 5.08. The van der Waals surface area contributed by atoms with Crippen molar-refractivity contribution in [1.82, 2.24) is 0 Å². The summed E-state index contributed by atoms with van der Waals surface area (Å²) in [4.78, 5) is 10.9. The number of nitrogens with two attached hydrogens (primary N) is 1. The summed E-state index contributed by atoms with van der Waals surface area (Å²) in [6.45, 7) is 1.89. The third kappa shape index (κ3) is 2.73. The van der Waals surface area contributed by atoms with Gasteiger partial charge in [-0.15, -0.1) is 0 Å². The average Bonchev–Trinajstić information content (AvgIpc) is 2.27. The van der Waals surface area contributed by atoms with Crippen molar-refractivity contribution >= 4 is 6.29 Å². The molecule has 1 rings (SSSR count).